The Balaban J connectivity index is 1.72. The van der Waals surface area contributed by atoms with Crippen molar-refractivity contribution in [1.82, 2.24) is 9.62 Å². The number of amides is 1. The molecule has 0 radical (unpaired) electrons. The van der Waals surface area contributed by atoms with Crippen molar-refractivity contribution in [1.29, 1.82) is 0 Å². The number of carbonyl (C=O) groups is 1. The van der Waals surface area contributed by atoms with Crippen LogP contribution in [-0.4, -0.2) is 38.3 Å². The Labute approximate surface area is 161 Å². The molecule has 144 valence electrons. The zero-order chi connectivity index (χ0) is 19.4. The molecule has 1 fully saturated rings. The highest BCUT2D eigenvalue weighted by molar-refractivity contribution is 7.89. The van der Waals surface area contributed by atoms with E-state index in [1.807, 2.05) is 24.3 Å². The minimum absolute atomic E-state index is 0.0812. The van der Waals surface area contributed by atoms with Crippen LogP contribution in [0.2, 0.25) is 0 Å². The molecule has 27 heavy (non-hydrogen) atoms. The van der Waals surface area contributed by atoms with Gasteiger partial charge in [-0.15, -0.1) is 0 Å². The van der Waals surface area contributed by atoms with E-state index in [-0.39, 0.29) is 5.91 Å². The summed E-state index contributed by atoms with van der Waals surface area (Å²) in [6, 6.07) is 14.3. The standard InChI is InChI=1S/C21H26N2O3S/c1-16(2)15-22-21(24)19-7-5-17(6-8-19)18-9-11-20(12-10-18)27(25,26)23-13-3-4-14-23/h5-12,16H,3-4,13-15H2,1-2H3,(H,22,24). The highest BCUT2D eigenvalue weighted by atomic mass is 32.2. The second-order valence-corrected chi connectivity index (χ2v) is 9.25. The van der Waals surface area contributed by atoms with Crippen LogP contribution in [-0.2, 0) is 10.0 Å². The third-order valence-electron chi connectivity index (χ3n) is 4.71. The fourth-order valence-electron chi connectivity index (χ4n) is 3.11. The van der Waals surface area contributed by atoms with Gasteiger partial charge >= 0.3 is 0 Å². The highest BCUT2D eigenvalue weighted by Crippen LogP contribution is 2.25. The number of nitrogens with zero attached hydrogens (tertiary/aromatic N) is 1. The maximum Gasteiger partial charge on any atom is 0.251 e. The topological polar surface area (TPSA) is 66.5 Å². The van der Waals surface area contributed by atoms with Crippen LogP contribution in [0.3, 0.4) is 0 Å². The van der Waals surface area contributed by atoms with Crippen LogP contribution < -0.4 is 5.32 Å². The molecule has 1 heterocycles. The van der Waals surface area contributed by atoms with Crippen molar-refractivity contribution in [2.75, 3.05) is 19.6 Å². The first kappa shape index (κ1) is 19.6. The van der Waals surface area contributed by atoms with Gasteiger partial charge in [-0.3, -0.25) is 4.79 Å². The van der Waals surface area contributed by atoms with Gasteiger partial charge in [0.15, 0.2) is 0 Å². The summed E-state index contributed by atoms with van der Waals surface area (Å²) in [6.07, 6.45) is 1.85. The Bertz CT molecular complexity index is 882. The summed E-state index contributed by atoms with van der Waals surface area (Å²) in [6.45, 7) is 5.95. The summed E-state index contributed by atoms with van der Waals surface area (Å²) >= 11 is 0. The van der Waals surface area contributed by atoms with Gasteiger partial charge in [-0.2, -0.15) is 4.31 Å². The molecule has 1 amide bonds. The largest absolute Gasteiger partial charge is 0.352 e. The molecule has 6 heteroatoms. The van der Waals surface area contributed by atoms with Gasteiger partial charge in [0, 0.05) is 25.2 Å². The van der Waals surface area contributed by atoms with Gasteiger partial charge < -0.3 is 5.32 Å². The second kappa shape index (κ2) is 8.23. The molecule has 0 atom stereocenters. The molecule has 0 bridgehead atoms. The van der Waals surface area contributed by atoms with Crippen LogP contribution >= 0.6 is 0 Å². The molecule has 0 saturated carbocycles. The fourth-order valence-corrected chi connectivity index (χ4v) is 4.63. The van der Waals surface area contributed by atoms with Crippen LogP contribution in [0.5, 0.6) is 0 Å². The Morgan fingerprint density at radius 1 is 0.963 bits per heavy atom. The lowest BCUT2D eigenvalue weighted by molar-refractivity contribution is 0.0949. The van der Waals surface area contributed by atoms with Gasteiger partial charge in [0.05, 0.1) is 4.90 Å². The van der Waals surface area contributed by atoms with E-state index in [1.165, 1.54) is 0 Å². The summed E-state index contributed by atoms with van der Waals surface area (Å²) in [4.78, 5) is 12.4. The van der Waals surface area contributed by atoms with Gasteiger partial charge in [0.25, 0.3) is 5.91 Å². The van der Waals surface area contributed by atoms with Crippen LogP contribution in [0.1, 0.15) is 37.0 Å². The first-order chi connectivity index (χ1) is 12.9. The van der Waals surface area contributed by atoms with E-state index in [9.17, 15) is 13.2 Å². The molecule has 0 aromatic heterocycles. The first-order valence-corrected chi connectivity index (χ1v) is 10.8. The zero-order valence-electron chi connectivity index (χ0n) is 15.8. The van der Waals surface area contributed by atoms with E-state index in [2.05, 4.69) is 19.2 Å². The van der Waals surface area contributed by atoms with Gasteiger partial charge in [-0.05, 0) is 54.2 Å². The van der Waals surface area contributed by atoms with Crippen molar-refractivity contribution >= 4 is 15.9 Å². The predicted molar refractivity (Wildman–Crippen MR) is 107 cm³/mol. The lowest BCUT2D eigenvalue weighted by atomic mass is 10.0. The molecule has 0 spiro atoms. The molecule has 2 aromatic carbocycles. The Hall–Kier alpha value is -2.18. The number of hydrogen-bond donors (Lipinski definition) is 1. The SMILES string of the molecule is CC(C)CNC(=O)c1ccc(-c2ccc(S(=O)(=O)N3CCCC3)cc2)cc1. The summed E-state index contributed by atoms with van der Waals surface area (Å²) in [5.41, 5.74) is 2.48. The van der Waals surface area contributed by atoms with Gasteiger partial charge in [-0.25, -0.2) is 8.42 Å². The van der Waals surface area contributed by atoms with Gasteiger partial charge in [0.1, 0.15) is 0 Å². The minimum Gasteiger partial charge on any atom is -0.352 e. The van der Waals surface area contributed by atoms with Crippen LogP contribution in [0.4, 0.5) is 0 Å². The molecule has 1 N–H and O–H groups in total. The number of benzene rings is 2. The summed E-state index contributed by atoms with van der Waals surface area (Å²) in [7, 11) is -3.39. The smallest absolute Gasteiger partial charge is 0.251 e. The summed E-state index contributed by atoms with van der Waals surface area (Å²) in [5.74, 6) is 0.325. The van der Waals surface area contributed by atoms with Crippen molar-refractivity contribution in [2.24, 2.45) is 5.92 Å². The lowest BCUT2D eigenvalue weighted by Crippen LogP contribution is -2.27. The zero-order valence-corrected chi connectivity index (χ0v) is 16.6. The fraction of sp³-hybridized carbons (Fsp3) is 0.381. The first-order valence-electron chi connectivity index (χ1n) is 9.37. The number of carbonyl (C=O) groups excluding carboxylic acids is 1. The monoisotopic (exact) mass is 386 g/mol. The number of hydrogen-bond acceptors (Lipinski definition) is 3. The van der Waals surface area contributed by atoms with Gasteiger partial charge in [-0.1, -0.05) is 38.1 Å². The predicted octanol–water partition coefficient (Wildman–Crippen LogP) is 3.52. The van der Waals surface area contributed by atoms with Crippen LogP contribution in [0.15, 0.2) is 53.4 Å². The van der Waals surface area contributed by atoms with Gasteiger partial charge in [0.2, 0.25) is 10.0 Å². The molecule has 5 nitrogen and oxygen atoms in total. The Kier molecular flexibility index (Phi) is 5.97. The van der Waals surface area contributed by atoms with E-state index >= 15 is 0 Å². The van der Waals surface area contributed by atoms with Crippen molar-refractivity contribution in [3.8, 4) is 11.1 Å². The van der Waals surface area contributed by atoms with E-state index in [4.69, 9.17) is 0 Å². The Morgan fingerprint density at radius 3 is 2.00 bits per heavy atom. The minimum atomic E-state index is -3.39. The summed E-state index contributed by atoms with van der Waals surface area (Å²) < 4.78 is 26.7. The molecule has 0 unspecified atom stereocenters. The van der Waals surface area contributed by atoms with Crippen molar-refractivity contribution in [3.63, 3.8) is 0 Å². The van der Waals surface area contributed by atoms with E-state index < -0.39 is 10.0 Å². The van der Waals surface area contributed by atoms with Crippen molar-refractivity contribution in [2.45, 2.75) is 31.6 Å². The van der Waals surface area contributed by atoms with Crippen LogP contribution in [0, 0.1) is 5.92 Å². The molecule has 1 saturated heterocycles. The average molecular weight is 387 g/mol. The third kappa shape index (κ3) is 4.57. The molecule has 3 rings (SSSR count). The number of nitrogens with one attached hydrogen (secondary N) is 1. The van der Waals surface area contributed by atoms with E-state index in [0.29, 0.717) is 36.0 Å². The molecule has 0 aliphatic carbocycles. The van der Waals surface area contributed by atoms with Crippen molar-refractivity contribution in [3.05, 3.63) is 54.1 Å². The van der Waals surface area contributed by atoms with E-state index in [0.717, 1.165) is 24.0 Å². The third-order valence-corrected chi connectivity index (χ3v) is 6.62. The van der Waals surface area contributed by atoms with Crippen LogP contribution in [0.25, 0.3) is 11.1 Å². The second-order valence-electron chi connectivity index (χ2n) is 7.32. The molecule has 2 aromatic rings. The number of rotatable bonds is 6. The molecule has 1 aliphatic heterocycles. The number of sulfonamides is 1. The maximum absolute atomic E-state index is 12.6. The molecular weight excluding hydrogens is 360 g/mol. The highest BCUT2D eigenvalue weighted by Gasteiger charge is 2.26. The molecule has 1 aliphatic rings. The maximum atomic E-state index is 12.6. The summed E-state index contributed by atoms with van der Waals surface area (Å²) in [5, 5.41) is 2.90. The lowest BCUT2D eigenvalue weighted by Gasteiger charge is -2.15. The normalized spacial score (nSPS) is 15.2. The van der Waals surface area contributed by atoms with Crippen molar-refractivity contribution < 1.29 is 13.2 Å². The van der Waals surface area contributed by atoms with E-state index in [1.54, 1.807) is 28.6 Å². The molecular formula is C21H26N2O3S. The Morgan fingerprint density at radius 2 is 1.48 bits per heavy atom. The average Bonchev–Trinajstić information content (AvgIpc) is 3.22. The quantitative estimate of drug-likeness (QED) is 0.826.